The fourth-order valence-corrected chi connectivity index (χ4v) is 4.47. The van der Waals surface area contributed by atoms with E-state index < -0.39 is 10.0 Å². The molecule has 0 spiro atoms. The molecule has 1 heterocycles. The van der Waals surface area contributed by atoms with Gasteiger partial charge in [0.15, 0.2) is 0 Å². The van der Waals surface area contributed by atoms with Gasteiger partial charge in [0.2, 0.25) is 15.9 Å². The van der Waals surface area contributed by atoms with Crippen LogP contribution < -0.4 is 14.9 Å². The summed E-state index contributed by atoms with van der Waals surface area (Å²) < 4.78 is 34.2. The number of hydrogen-bond acceptors (Lipinski definition) is 4. The molecule has 2 aromatic rings. The van der Waals surface area contributed by atoms with Gasteiger partial charge in [0.25, 0.3) is 0 Å². The maximum absolute atomic E-state index is 13.0. The van der Waals surface area contributed by atoms with E-state index >= 15 is 0 Å². The lowest BCUT2D eigenvalue weighted by Gasteiger charge is -2.28. The van der Waals surface area contributed by atoms with E-state index in [4.69, 9.17) is 4.74 Å². The summed E-state index contributed by atoms with van der Waals surface area (Å²) in [6.45, 7) is 5.15. The van der Waals surface area contributed by atoms with Gasteiger partial charge in [-0.2, -0.15) is 4.72 Å². The second kappa shape index (κ2) is 9.29. The van der Waals surface area contributed by atoms with E-state index in [-0.39, 0.29) is 16.8 Å². The number of morpholine rings is 1. The highest BCUT2D eigenvalue weighted by Gasteiger charge is 2.26. The number of benzene rings is 2. The van der Waals surface area contributed by atoms with E-state index in [0.29, 0.717) is 25.4 Å². The predicted molar refractivity (Wildman–Crippen MR) is 107 cm³/mol. The normalized spacial score (nSPS) is 16.5. The van der Waals surface area contributed by atoms with Crippen molar-refractivity contribution in [1.82, 2.24) is 4.72 Å². The van der Waals surface area contributed by atoms with Crippen LogP contribution in [-0.4, -0.2) is 47.2 Å². The first-order valence-electron chi connectivity index (χ1n) is 9.30. The second-order valence-corrected chi connectivity index (χ2v) is 8.57. The summed E-state index contributed by atoms with van der Waals surface area (Å²) in [7, 11) is -3.71. The van der Waals surface area contributed by atoms with Crippen LogP contribution in [0.15, 0.2) is 59.5 Å². The highest BCUT2D eigenvalue weighted by Crippen LogP contribution is 2.18. The van der Waals surface area contributed by atoms with Crippen LogP contribution in [0.3, 0.4) is 0 Å². The Morgan fingerprint density at radius 3 is 2.32 bits per heavy atom. The molecule has 150 valence electrons. The summed E-state index contributed by atoms with van der Waals surface area (Å²) >= 11 is 0. The van der Waals surface area contributed by atoms with Crippen molar-refractivity contribution >= 4 is 21.6 Å². The van der Waals surface area contributed by atoms with Crippen molar-refractivity contribution in [3.05, 3.63) is 60.2 Å². The molecular formula is C20H26N3O4S+. The number of sulfonamides is 1. The monoisotopic (exact) mass is 404 g/mol. The van der Waals surface area contributed by atoms with Crippen molar-refractivity contribution in [2.24, 2.45) is 0 Å². The van der Waals surface area contributed by atoms with Gasteiger partial charge in [-0.3, -0.25) is 4.79 Å². The molecule has 1 fully saturated rings. The first-order valence-corrected chi connectivity index (χ1v) is 10.8. The van der Waals surface area contributed by atoms with Gasteiger partial charge in [-0.25, -0.2) is 8.42 Å². The van der Waals surface area contributed by atoms with Gasteiger partial charge < -0.3 is 15.0 Å². The van der Waals surface area contributed by atoms with Gasteiger partial charge in [-0.1, -0.05) is 30.3 Å². The summed E-state index contributed by atoms with van der Waals surface area (Å²) in [5, 5.41) is 2.63. The van der Waals surface area contributed by atoms with Crippen LogP contribution in [-0.2, 0) is 19.6 Å². The first kappa shape index (κ1) is 20.5. The third-order valence-electron chi connectivity index (χ3n) is 4.68. The molecule has 1 atom stereocenters. The minimum atomic E-state index is -3.71. The number of carbonyl (C=O) groups excluding carboxylic acids is 1. The standard InChI is InChI=1S/C20H25N3O4S/c1-16(24)21-18-7-9-19(10-8-18)28(25,26)22-20(17-5-3-2-4-6-17)15-23-11-13-27-14-12-23/h2-10,20,22H,11-15H2,1H3,(H,21,24)/p+1/t20-/m1/s1. The smallest absolute Gasteiger partial charge is 0.241 e. The van der Waals surface area contributed by atoms with Gasteiger partial charge in [-0.15, -0.1) is 0 Å². The molecule has 0 aromatic heterocycles. The quantitative estimate of drug-likeness (QED) is 0.630. The van der Waals surface area contributed by atoms with Crippen LogP contribution in [0.2, 0.25) is 0 Å². The molecule has 1 amide bonds. The van der Waals surface area contributed by atoms with Crippen molar-refractivity contribution in [3.8, 4) is 0 Å². The highest BCUT2D eigenvalue weighted by molar-refractivity contribution is 7.89. The van der Waals surface area contributed by atoms with Gasteiger partial charge in [0.05, 0.1) is 30.7 Å². The Kier molecular flexibility index (Phi) is 6.79. The molecule has 28 heavy (non-hydrogen) atoms. The number of rotatable bonds is 7. The third kappa shape index (κ3) is 5.62. The number of carbonyl (C=O) groups is 1. The number of ether oxygens (including phenoxy) is 1. The molecule has 2 aromatic carbocycles. The minimum Gasteiger partial charge on any atom is -0.370 e. The van der Waals surface area contributed by atoms with Crippen molar-refractivity contribution in [3.63, 3.8) is 0 Å². The van der Waals surface area contributed by atoms with Crippen LogP contribution in [0.5, 0.6) is 0 Å². The van der Waals surface area contributed by atoms with Gasteiger partial charge in [-0.05, 0) is 29.8 Å². The zero-order valence-corrected chi connectivity index (χ0v) is 16.7. The zero-order chi connectivity index (χ0) is 20.0. The van der Waals surface area contributed by atoms with E-state index in [1.807, 2.05) is 30.3 Å². The van der Waals surface area contributed by atoms with Gasteiger partial charge in [0, 0.05) is 12.6 Å². The summed E-state index contributed by atoms with van der Waals surface area (Å²) in [6.07, 6.45) is 0. The van der Waals surface area contributed by atoms with Crippen LogP contribution in [0.4, 0.5) is 5.69 Å². The lowest BCUT2D eigenvalue weighted by Crippen LogP contribution is -3.14. The Balaban J connectivity index is 1.79. The van der Waals surface area contributed by atoms with E-state index in [0.717, 1.165) is 18.7 Å². The molecule has 3 N–H and O–H groups in total. The van der Waals surface area contributed by atoms with Crippen LogP contribution in [0, 0.1) is 0 Å². The van der Waals surface area contributed by atoms with Gasteiger partial charge in [0.1, 0.15) is 13.1 Å². The van der Waals surface area contributed by atoms with Crippen molar-refractivity contribution < 1.29 is 22.8 Å². The molecule has 1 aliphatic rings. The van der Waals surface area contributed by atoms with E-state index in [2.05, 4.69) is 10.0 Å². The largest absolute Gasteiger partial charge is 0.370 e. The number of amides is 1. The SMILES string of the molecule is CC(=O)Nc1ccc(S(=O)(=O)N[C@H](C[NH+]2CCOCC2)c2ccccc2)cc1. The summed E-state index contributed by atoms with van der Waals surface area (Å²) in [5.74, 6) is -0.202. The lowest BCUT2D eigenvalue weighted by atomic mass is 10.1. The van der Waals surface area contributed by atoms with E-state index in [1.165, 1.54) is 24.0 Å². The molecule has 0 saturated carbocycles. The van der Waals surface area contributed by atoms with Crippen LogP contribution in [0.1, 0.15) is 18.5 Å². The zero-order valence-electron chi connectivity index (χ0n) is 15.9. The number of nitrogens with one attached hydrogen (secondary N) is 3. The number of hydrogen-bond donors (Lipinski definition) is 3. The molecular weight excluding hydrogens is 378 g/mol. The number of anilines is 1. The highest BCUT2D eigenvalue weighted by atomic mass is 32.2. The fourth-order valence-electron chi connectivity index (χ4n) is 3.24. The predicted octanol–water partition coefficient (Wildman–Crippen LogP) is 0.580. The van der Waals surface area contributed by atoms with Crippen molar-refractivity contribution in [1.29, 1.82) is 0 Å². The molecule has 0 aliphatic carbocycles. The van der Waals surface area contributed by atoms with Crippen molar-refractivity contribution in [2.75, 3.05) is 38.2 Å². The lowest BCUT2D eigenvalue weighted by molar-refractivity contribution is -0.909. The van der Waals surface area contributed by atoms with E-state index in [1.54, 1.807) is 12.1 Å². The van der Waals surface area contributed by atoms with Crippen molar-refractivity contribution in [2.45, 2.75) is 17.9 Å². The average molecular weight is 405 g/mol. The third-order valence-corrected chi connectivity index (χ3v) is 6.16. The topological polar surface area (TPSA) is 88.9 Å². The Labute approximate surface area is 165 Å². The second-order valence-electron chi connectivity index (χ2n) is 6.86. The fraction of sp³-hybridized carbons (Fsp3) is 0.350. The molecule has 0 bridgehead atoms. The Morgan fingerprint density at radius 1 is 1.07 bits per heavy atom. The number of quaternary nitrogens is 1. The summed E-state index contributed by atoms with van der Waals surface area (Å²) in [6, 6.07) is 15.4. The van der Waals surface area contributed by atoms with E-state index in [9.17, 15) is 13.2 Å². The Morgan fingerprint density at radius 2 is 1.71 bits per heavy atom. The van der Waals surface area contributed by atoms with Gasteiger partial charge >= 0.3 is 0 Å². The average Bonchev–Trinajstić information content (AvgIpc) is 2.69. The molecule has 1 saturated heterocycles. The molecule has 1 aliphatic heterocycles. The Bertz CT molecular complexity index is 879. The summed E-state index contributed by atoms with van der Waals surface area (Å²) in [4.78, 5) is 12.6. The molecule has 3 rings (SSSR count). The molecule has 8 heteroatoms. The molecule has 0 unspecified atom stereocenters. The molecule has 0 radical (unpaired) electrons. The minimum absolute atomic E-state index is 0.166. The Hall–Kier alpha value is -2.26. The van der Waals surface area contributed by atoms with Crippen LogP contribution in [0.25, 0.3) is 0 Å². The summed E-state index contributed by atoms with van der Waals surface area (Å²) in [5.41, 5.74) is 1.49. The maximum atomic E-state index is 13.0. The maximum Gasteiger partial charge on any atom is 0.241 e. The van der Waals surface area contributed by atoms with Crippen LogP contribution >= 0.6 is 0 Å². The first-order chi connectivity index (χ1) is 13.4. The molecule has 7 nitrogen and oxygen atoms in total.